The number of nitrogens with zero attached hydrogens (tertiary/aromatic N) is 1. The number of aryl methyl sites for hydroxylation is 1. The molecule has 0 unspecified atom stereocenters. The van der Waals surface area contributed by atoms with Gasteiger partial charge in [0.25, 0.3) is 0 Å². The number of hydrogen-bond donors (Lipinski definition) is 1. The van der Waals surface area contributed by atoms with Crippen LogP contribution in [0.25, 0.3) is 0 Å². The summed E-state index contributed by atoms with van der Waals surface area (Å²) in [5, 5.41) is 2.97. The average molecular weight is 340 g/mol. The van der Waals surface area contributed by atoms with E-state index in [1.54, 1.807) is 26.4 Å². The van der Waals surface area contributed by atoms with Crippen molar-refractivity contribution in [3.63, 3.8) is 0 Å². The van der Waals surface area contributed by atoms with E-state index in [9.17, 15) is 4.79 Å². The molecule has 1 aliphatic heterocycles. The Kier molecular flexibility index (Phi) is 5.12. The number of carbonyl (C=O) groups is 1. The Bertz CT molecular complexity index is 743. The lowest BCUT2D eigenvalue weighted by Gasteiger charge is -2.25. The van der Waals surface area contributed by atoms with Crippen LogP contribution in [0.2, 0.25) is 0 Å². The third kappa shape index (κ3) is 3.71. The molecule has 132 valence electrons. The number of methoxy groups -OCH3 is 2. The molecule has 0 radical (unpaired) electrons. The predicted octanol–water partition coefficient (Wildman–Crippen LogP) is 4.38. The van der Waals surface area contributed by atoms with Crippen molar-refractivity contribution in [1.82, 2.24) is 4.90 Å². The summed E-state index contributed by atoms with van der Waals surface area (Å²) in [5.74, 6) is 1.23. The number of anilines is 1. The topological polar surface area (TPSA) is 50.8 Å². The van der Waals surface area contributed by atoms with Crippen molar-refractivity contribution in [2.24, 2.45) is 0 Å². The summed E-state index contributed by atoms with van der Waals surface area (Å²) in [4.78, 5) is 14.7. The van der Waals surface area contributed by atoms with Gasteiger partial charge in [-0.15, -0.1) is 0 Å². The van der Waals surface area contributed by atoms with Crippen LogP contribution in [0.3, 0.4) is 0 Å². The second kappa shape index (κ2) is 7.47. The van der Waals surface area contributed by atoms with Crippen LogP contribution in [0.15, 0.2) is 42.5 Å². The maximum Gasteiger partial charge on any atom is 0.322 e. The van der Waals surface area contributed by atoms with Gasteiger partial charge in [-0.05, 0) is 37.5 Å². The Morgan fingerprint density at radius 3 is 2.48 bits per heavy atom. The molecule has 1 N–H and O–H groups in total. The van der Waals surface area contributed by atoms with Crippen molar-refractivity contribution in [2.45, 2.75) is 25.8 Å². The summed E-state index contributed by atoms with van der Waals surface area (Å²) < 4.78 is 10.5. The third-order valence-electron chi connectivity index (χ3n) is 4.61. The van der Waals surface area contributed by atoms with Crippen LogP contribution in [-0.2, 0) is 0 Å². The summed E-state index contributed by atoms with van der Waals surface area (Å²) in [5.41, 5.74) is 3.10. The van der Waals surface area contributed by atoms with Gasteiger partial charge in [0.15, 0.2) is 11.5 Å². The molecule has 2 amide bonds. The van der Waals surface area contributed by atoms with Crippen LogP contribution in [0, 0.1) is 6.92 Å². The van der Waals surface area contributed by atoms with E-state index in [2.05, 4.69) is 36.5 Å². The van der Waals surface area contributed by atoms with Crippen LogP contribution < -0.4 is 14.8 Å². The first-order valence-electron chi connectivity index (χ1n) is 8.48. The Labute approximate surface area is 148 Å². The van der Waals surface area contributed by atoms with Crippen molar-refractivity contribution in [3.8, 4) is 11.5 Å². The van der Waals surface area contributed by atoms with Crippen molar-refractivity contribution >= 4 is 11.7 Å². The Morgan fingerprint density at radius 2 is 1.80 bits per heavy atom. The van der Waals surface area contributed by atoms with Crippen LogP contribution in [0.5, 0.6) is 11.5 Å². The molecule has 1 fully saturated rings. The van der Waals surface area contributed by atoms with Crippen LogP contribution in [-0.4, -0.2) is 31.7 Å². The number of benzene rings is 2. The number of amides is 2. The molecular formula is C20H24N2O3. The molecule has 1 aliphatic rings. The zero-order valence-electron chi connectivity index (χ0n) is 14.9. The SMILES string of the molecule is COc1ccc(NC(=O)N2CCC[C@@H]2c2ccc(C)cc2)cc1OC. The number of likely N-dealkylation sites (tertiary alicyclic amines) is 1. The fourth-order valence-corrected chi connectivity index (χ4v) is 3.25. The Balaban J connectivity index is 1.75. The lowest BCUT2D eigenvalue weighted by molar-refractivity contribution is 0.207. The van der Waals surface area contributed by atoms with Crippen LogP contribution >= 0.6 is 0 Å². The molecular weight excluding hydrogens is 316 g/mol. The zero-order chi connectivity index (χ0) is 17.8. The number of urea groups is 1. The highest BCUT2D eigenvalue weighted by Crippen LogP contribution is 2.34. The Hall–Kier alpha value is -2.69. The summed E-state index contributed by atoms with van der Waals surface area (Å²) in [7, 11) is 3.17. The number of carbonyl (C=O) groups excluding carboxylic acids is 1. The van der Waals surface area contributed by atoms with Crippen molar-refractivity contribution in [1.29, 1.82) is 0 Å². The molecule has 1 atom stereocenters. The predicted molar refractivity (Wildman–Crippen MR) is 98.4 cm³/mol. The van der Waals surface area contributed by atoms with Gasteiger partial charge in [-0.25, -0.2) is 4.79 Å². The monoisotopic (exact) mass is 340 g/mol. The highest BCUT2D eigenvalue weighted by atomic mass is 16.5. The van der Waals surface area contributed by atoms with E-state index in [0.717, 1.165) is 19.4 Å². The molecule has 0 aromatic heterocycles. The molecule has 5 heteroatoms. The highest BCUT2D eigenvalue weighted by Gasteiger charge is 2.30. The van der Waals surface area contributed by atoms with Gasteiger partial charge < -0.3 is 19.7 Å². The number of rotatable bonds is 4. The molecule has 0 bridgehead atoms. The first kappa shape index (κ1) is 17.1. The minimum atomic E-state index is -0.0877. The van der Waals surface area contributed by atoms with Crippen molar-refractivity contribution < 1.29 is 14.3 Å². The number of ether oxygens (including phenoxy) is 2. The average Bonchev–Trinajstić information content (AvgIpc) is 3.12. The molecule has 2 aromatic carbocycles. The summed E-state index contributed by atoms with van der Waals surface area (Å²) in [6.45, 7) is 2.83. The molecule has 0 aliphatic carbocycles. The fraction of sp³-hybridized carbons (Fsp3) is 0.350. The fourth-order valence-electron chi connectivity index (χ4n) is 3.25. The third-order valence-corrected chi connectivity index (χ3v) is 4.61. The molecule has 3 rings (SSSR count). The van der Waals surface area contributed by atoms with Gasteiger partial charge in [0, 0.05) is 18.3 Å². The molecule has 25 heavy (non-hydrogen) atoms. The van der Waals surface area contributed by atoms with Crippen LogP contribution in [0.1, 0.15) is 30.0 Å². The lowest BCUT2D eigenvalue weighted by atomic mass is 10.0. The van der Waals surface area contributed by atoms with E-state index >= 15 is 0 Å². The first-order chi connectivity index (χ1) is 12.1. The van der Waals surface area contributed by atoms with Gasteiger partial charge in [0.1, 0.15) is 0 Å². The summed E-state index contributed by atoms with van der Waals surface area (Å²) in [6, 6.07) is 13.8. The van der Waals surface area contributed by atoms with E-state index in [4.69, 9.17) is 9.47 Å². The molecule has 0 saturated carbocycles. The lowest BCUT2D eigenvalue weighted by Crippen LogP contribution is -2.34. The second-order valence-electron chi connectivity index (χ2n) is 6.26. The van der Waals surface area contributed by atoms with E-state index in [-0.39, 0.29) is 12.1 Å². The van der Waals surface area contributed by atoms with Gasteiger partial charge in [-0.2, -0.15) is 0 Å². The smallest absolute Gasteiger partial charge is 0.322 e. The highest BCUT2D eigenvalue weighted by molar-refractivity contribution is 5.90. The quantitative estimate of drug-likeness (QED) is 0.898. The normalized spacial score (nSPS) is 16.6. The minimum absolute atomic E-state index is 0.0877. The van der Waals surface area contributed by atoms with Crippen molar-refractivity contribution in [3.05, 3.63) is 53.6 Å². The maximum atomic E-state index is 12.8. The van der Waals surface area contributed by atoms with Gasteiger partial charge >= 0.3 is 6.03 Å². The van der Waals surface area contributed by atoms with Crippen LogP contribution in [0.4, 0.5) is 10.5 Å². The molecule has 5 nitrogen and oxygen atoms in total. The molecule has 1 heterocycles. The second-order valence-corrected chi connectivity index (χ2v) is 6.26. The summed E-state index contributed by atoms with van der Waals surface area (Å²) in [6.07, 6.45) is 2.00. The van der Waals surface area contributed by atoms with E-state index in [0.29, 0.717) is 17.2 Å². The number of hydrogen-bond acceptors (Lipinski definition) is 3. The maximum absolute atomic E-state index is 12.8. The van der Waals surface area contributed by atoms with Gasteiger partial charge in [0.2, 0.25) is 0 Å². The van der Waals surface area contributed by atoms with E-state index in [1.165, 1.54) is 11.1 Å². The zero-order valence-corrected chi connectivity index (χ0v) is 14.9. The largest absolute Gasteiger partial charge is 0.493 e. The van der Waals surface area contributed by atoms with Crippen molar-refractivity contribution in [2.75, 3.05) is 26.1 Å². The van der Waals surface area contributed by atoms with E-state index in [1.807, 2.05) is 11.0 Å². The summed E-state index contributed by atoms with van der Waals surface area (Å²) >= 11 is 0. The van der Waals surface area contributed by atoms with Gasteiger partial charge in [0.05, 0.1) is 20.3 Å². The Morgan fingerprint density at radius 1 is 1.08 bits per heavy atom. The standard InChI is InChI=1S/C20H24N2O3/c1-14-6-8-15(9-7-14)17-5-4-12-22(17)20(23)21-16-10-11-18(24-2)19(13-16)25-3/h6-11,13,17H,4-5,12H2,1-3H3,(H,21,23)/t17-/m1/s1. The molecule has 0 spiro atoms. The molecule has 2 aromatic rings. The minimum Gasteiger partial charge on any atom is -0.493 e. The van der Waals surface area contributed by atoms with Gasteiger partial charge in [-0.1, -0.05) is 29.8 Å². The van der Waals surface area contributed by atoms with E-state index < -0.39 is 0 Å². The molecule has 1 saturated heterocycles. The van der Waals surface area contributed by atoms with Gasteiger partial charge in [-0.3, -0.25) is 0 Å². The number of nitrogens with one attached hydrogen (secondary N) is 1. The first-order valence-corrected chi connectivity index (χ1v) is 8.48.